The molecule has 0 saturated heterocycles. The summed E-state index contributed by atoms with van der Waals surface area (Å²) >= 11 is 0. The number of nitrogens with one attached hydrogen (secondary N) is 1. The highest BCUT2D eigenvalue weighted by atomic mass is 19.2. The molecule has 0 aliphatic rings. The molecule has 0 fully saturated rings. The molecule has 0 amide bonds. The van der Waals surface area contributed by atoms with Crippen LogP contribution in [0.15, 0.2) is 22.6 Å². The highest BCUT2D eigenvalue weighted by Gasteiger charge is 2.28. The van der Waals surface area contributed by atoms with Crippen LogP contribution in [0.3, 0.4) is 0 Å². The fraction of sp³-hybridized carbons (Fsp3) is 0.429. The Hall–Kier alpha value is -1.42. The Labute approximate surface area is 105 Å². The lowest BCUT2D eigenvalue weighted by molar-refractivity contribution is 0.252. The van der Waals surface area contributed by atoms with Gasteiger partial charge >= 0.3 is 0 Å². The van der Waals surface area contributed by atoms with E-state index in [0.29, 0.717) is 11.1 Å². The molecule has 2 nitrogen and oxygen atoms in total. The molecule has 4 heteroatoms. The van der Waals surface area contributed by atoms with Crippen LogP contribution in [-0.2, 0) is 0 Å². The summed E-state index contributed by atoms with van der Waals surface area (Å²) in [4.78, 5) is 0. The molecule has 0 aliphatic carbocycles. The Balaban J connectivity index is 2.56. The van der Waals surface area contributed by atoms with E-state index in [1.165, 1.54) is 6.07 Å². The number of rotatable bonds is 2. The maximum Gasteiger partial charge on any atom is 0.201 e. The Kier molecular flexibility index (Phi) is 3.15. The van der Waals surface area contributed by atoms with Gasteiger partial charge in [-0.1, -0.05) is 20.8 Å². The van der Waals surface area contributed by atoms with Crippen molar-refractivity contribution in [1.29, 1.82) is 0 Å². The Bertz CT molecular complexity index is 569. The molecule has 1 atom stereocenters. The van der Waals surface area contributed by atoms with Gasteiger partial charge in [0, 0.05) is 5.39 Å². The lowest BCUT2D eigenvalue weighted by atomic mass is 9.85. The van der Waals surface area contributed by atoms with Gasteiger partial charge in [0.1, 0.15) is 5.76 Å². The summed E-state index contributed by atoms with van der Waals surface area (Å²) in [7, 11) is 1.82. The van der Waals surface area contributed by atoms with Crippen LogP contribution in [0.2, 0.25) is 0 Å². The van der Waals surface area contributed by atoms with Crippen LogP contribution in [0.1, 0.15) is 32.6 Å². The van der Waals surface area contributed by atoms with Crippen molar-refractivity contribution in [2.45, 2.75) is 26.8 Å². The molecule has 0 aliphatic heterocycles. The summed E-state index contributed by atoms with van der Waals surface area (Å²) in [5, 5.41) is 3.72. The second kappa shape index (κ2) is 4.35. The molecule has 98 valence electrons. The smallest absolute Gasteiger partial charge is 0.201 e. The highest BCUT2D eigenvalue weighted by Crippen LogP contribution is 2.36. The first kappa shape index (κ1) is 13.0. The molecular weight excluding hydrogens is 236 g/mol. The van der Waals surface area contributed by atoms with Gasteiger partial charge in [0.15, 0.2) is 11.4 Å². The van der Waals surface area contributed by atoms with Crippen LogP contribution < -0.4 is 5.32 Å². The summed E-state index contributed by atoms with van der Waals surface area (Å²) in [5.41, 5.74) is -0.105. The van der Waals surface area contributed by atoms with Crippen molar-refractivity contribution in [3.63, 3.8) is 0 Å². The number of hydrogen-bond donors (Lipinski definition) is 1. The van der Waals surface area contributed by atoms with Gasteiger partial charge in [0.25, 0.3) is 0 Å². The largest absolute Gasteiger partial charge is 0.456 e. The molecule has 0 bridgehead atoms. The summed E-state index contributed by atoms with van der Waals surface area (Å²) in [6, 6.07) is 4.33. The van der Waals surface area contributed by atoms with Crippen LogP contribution in [0, 0.1) is 17.0 Å². The molecule has 0 saturated carbocycles. The van der Waals surface area contributed by atoms with Gasteiger partial charge in [-0.25, -0.2) is 4.39 Å². The quantitative estimate of drug-likeness (QED) is 0.874. The first-order valence-electron chi connectivity index (χ1n) is 5.89. The molecule has 1 heterocycles. The Morgan fingerprint density at radius 1 is 1.22 bits per heavy atom. The van der Waals surface area contributed by atoms with Gasteiger partial charge in [-0.05, 0) is 30.7 Å². The third-order valence-corrected chi connectivity index (χ3v) is 3.04. The van der Waals surface area contributed by atoms with E-state index in [1.807, 2.05) is 7.05 Å². The third kappa shape index (κ3) is 2.12. The number of furan rings is 1. The van der Waals surface area contributed by atoms with Crippen molar-refractivity contribution in [3.8, 4) is 0 Å². The number of fused-ring (bicyclic) bond motifs is 1. The number of halogens is 2. The predicted octanol–water partition coefficient (Wildman–Crippen LogP) is 4.02. The normalized spacial score (nSPS) is 14.1. The van der Waals surface area contributed by atoms with Gasteiger partial charge in [-0.2, -0.15) is 4.39 Å². The third-order valence-electron chi connectivity index (χ3n) is 3.04. The number of hydrogen-bond acceptors (Lipinski definition) is 2. The zero-order valence-corrected chi connectivity index (χ0v) is 11.0. The van der Waals surface area contributed by atoms with Crippen LogP contribution in [0.4, 0.5) is 8.78 Å². The zero-order valence-electron chi connectivity index (χ0n) is 11.0. The monoisotopic (exact) mass is 253 g/mol. The predicted molar refractivity (Wildman–Crippen MR) is 67.4 cm³/mol. The standard InChI is InChI=1S/C14H17F2NO/c1-14(2,3)13(17-4)10-7-8-5-6-9(15)11(16)12(8)18-10/h5-7,13,17H,1-4H3. The lowest BCUT2D eigenvalue weighted by Crippen LogP contribution is -2.29. The SMILES string of the molecule is CNC(c1cc2ccc(F)c(F)c2o1)C(C)(C)C. The van der Waals surface area contributed by atoms with E-state index in [2.05, 4.69) is 26.1 Å². The summed E-state index contributed by atoms with van der Waals surface area (Å²) < 4.78 is 32.2. The van der Waals surface area contributed by atoms with Crippen molar-refractivity contribution in [2.75, 3.05) is 7.05 Å². The molecule has 2 rings (SSSR count). The maximum absolute atomic E-state index is 13.6. The fourth-order valence-corrected chi connectivity index (χ4v) is 2.21. The first-order valence-corrected chi connectivity index (χ1v) is 5.89. The molecule has 1 aromatic carbocycles. The molecule has 2 aromatic rings. The summed E-state index contributed by atoms with van der Waals surface area (Å²) in [6.07, 6.45) is 0. The van der Waals surface area contributed by atoms with Crippen LogP contribution in [0.25, 0.3) is 11.0 Å². The van der Waals surface area contributed by atoms with E-state index in [1.54, 1.807) is 6.07 Å². The summed E-state index contributed by atoms with van der Waals surface area (Å²) in [6.45, 7) is 6.16. The first-order chi connectivity index (χ1) is 8.34. The average Bonchev–Trinajstić information content (AvgIpc) is 2.67. The molecule has 0 spiro atoms. The van der Waals surface area contributed by atoms with Crippen molar-refractivity contribution >= 4 is 11.0 Å². The topological polar surface area (TPSA) is 25.2 Å². The second-order valence-corrected chi connectivity index (χ2v) is 5.52. The minimum absolute atomic E-state index is 0.0190. The van der Waals surface area contributed by atoms with E-state index < -0.39 is 11.6 Å². The highest BCUT2D eigenvalue weighted by molar-refractivity contribution is 5.78. The minimum atomic E-state index is -0.928. The van der Waals surface area contributed by atoms with E-state index >= 15 is 0 Å². The minimum Gasteiger partial charge on any atom is -0.456 e. The zero-order chi connectivity index (χ0) is 13.5. The molecule has 1 aromatic heterocycles. The van der Waals surface area contributed by atoms with Crippen molar-refractivity contribution < 1.29 is 13.2 Å². The molecule has 0 radical (unpaired) electrons. The molecular formula is C14H17F2NO. The lowest BCUT2D eigenvalue weighted by Gasteiger charge is -2.28. The van der Waals surface area contributed by atoms with Crippen molar-refractivity contribution in [2.24, 2.45) is 5.41 Å². The van der Waals surface area contributed by atoms with E-state index in [4.69, 9.17) is 4.42 Å². The van der Waals surface area contributed by atoms with E-state index in [9.17, 15) is 8.78 Å². The van der Waals surface area contributed by atoms with Gasteiger partial charge in [-0.3, -0.25) is 0 Å². The van der Waals surface area contributed by atoms with Gasteiger partial charge < -0.3 is 9.73 Å². The van der Waals surface area contributed by atoms with E-state index in [0.717, 1.165) is 6.07 Å². The van der Waals surface area contributed by atoms with Gasteiger partial charge in [0.05, 0.1) is 6.04 Å². The number of benzene rings is 1. The molecule has 1 unspecified atom stereocenters. The Morgan fingerprint density at radius 3 is 2.44 bits per heavy atom. The second-order valence-electron chi connectivity index (χ2n) is 5.52. The summed E-state index contributed by atoms with van der Waals surface area (Å²) in [5.74, 6) is -1.20. The molecule has 1 N–H and O–H groups in total. The van der Waals surface area contributed by atoms with Crippen LogP contribution >= 0.6 is 0 Å². The van der Waals surface area contributed by atoms with Crippen molar-refractivity contribution in [3.05, 3.63) is 35.6 Å². The van der Waals surface area contributed by atoms with Crippen molar-refractivity contribution in [1.82, 2.24) is 5.32 Å². The van der Waals surface area contributed by atoms with E-state index in [-0.39, 0.29) is 17.0 Å². The van der Waals surface area contributed by atoms with Crippen LogP contribution in [0.5, 0.6) is 0 Å². The maximum atomic E-state index is 13.6. The fourth-order valence-electron chi connectivity index (χ4n) is 2.21. The van der Waals surface area contributed by atoms with Gasteiger partial charge in [0.2, 0.25) is 5.82 Å². The molecule has 18 heavy (non-hydrogen) atoms. The Morgan fingerprint density at radius 2 is 1.89 bits per heavy atom. The average molecular weight is 253 g/mol. The van der Waals surface area contributed by atoms with Crippen LogP contribution in [-0.4, -0.2) is 7.05 Å². The van der Waals surface area contributed by atoms with Gasteiger partial charge in [-0.15, -0.1) is 0 Å².